The third-order valence-electron chi connectivity index (χ3n) is 2.88. The molecule has 102 valence electrons. The lowest BCUT2D eigenvalue weighted by Crippen LogP contribution is -2.31. The SMILES string of the molecule is CCC(N)C(Oc1ccc(F)cc1F)c1ccsc1. The second kappa shape index (κ2) is 6.12. The van der Waals surface area contributed by atoms with Crippen molar-refractivity contribution in [1.29, 1.82) is 0 Å². The Bertz CT molecular complexity index is 530. The minimum atomic E-state index is -0.719. The molecule has 0 bridgehead atoms. The Morgan fingerprint density at radius 2 is 2.11 bits per heavy atom. The van der Waals surface area contributed by atoms with Crippen LogP contribution in [0.5, 0.6) is 5.75 Å². The summed E-state index contributed by atoms with van der Waals surface area (Å²) < 4.78 is 32.1. The van der Waals surface area contributed by atoms with Gasteiger partial charge >= 0.3 is 0 Å². The van der Waals surface area contributed by atoms with Gasteiger partial charge < -0.3 is 10.5 Å². The van der Waals surface area contributed by atoms with Gasteiger partial charge in [-0.3, -0.25) is 0 Å². The predicted molar refractivity (Wildman–Crippen MR) is 72.3 cm³/mol. The first kappa shape index (κ1) is 14.0. The van der Waals surface area contributed by atoms with E-state index in [2.05, 4.69) is 0 Å². The molecule has 5 heteroatoms. The van der Waals surface area contributed by atoms with E-state index in [1.54, 1.807) is 0 Å². The summed E-state index contributed by atoms with van der Waals surface area (Å²) in [6.07, 6.45) is 0.264. The largest absolute Gasteiger partial charge is 0.481 e. The number of hydrogen-bond donors (Lipinski definition) is 1. The van der Waals surface area contributed by atoms with Gasteiger partial charge in [0.2, 0.25) is 0 Å². The van der Waals surface area contributed by atoms with Crippen molar-refractivity contribution in [2.45, 2.75) is 25.5 Å². The Morgan fingerprint density at radius 3 is 2.68 bits per heavy atom. The maximum Gasteiger partial charge on any atom is 0.168 e. The van der Waals surface area contributed by atoms with Gasteiger partial charge in [0.25, 0.3) is 0 Å². The highest BCUT2D eigenvalue weighted by molar-refractivity contribution is 7.07. The average Bonchev–Trinajstić information content (AvgIpc) is 2.91. The molecule has 2 nitrogen and oxygen atoms in total. The standard InChI is InChI=1S/C14H15F2NOS/c1-2-12(17)14(9-5-6-19-8-9)18-13-4-3-10(15)7-11(13)16/h3-8,12,14H,2,17H2,1H3. The number of thiophene rings is 1. The monoisotopic (exact) mass is 283 g/mol. The molecular formula is C14H15F2NOS. The van der Waals surface area contributed by atoms with Gasteiger partial charge in [0.1, 0.15) is 11.9 Å². The van der Waals surface area contributed by atoms with E-state index < -0.39 is 17.7 Å². The molecule has 1 aromatic heterocycles. The third-order valence-corrected chi connectivity index (χ3v) is 3.58. The molecule has 0 saturated carbocycles. The Balaban J connectivity index is 2.25. The Morgan fingerprint density at radius 1 is 1.32 bits per heavy atom. The first-order valence-electron chi connectivity index (χ1n) is 6.01. The zero-order valence-corrected chi connectivity index (χ0v) is 11.3. The van der Waals surface area contributed by atoms with Crippen LogP contribution in [0.15, 0.2) is 35.0 Å². The van der Waals surface area contributed by atoms with Gasteiger partial charge in [-0.15, -0.1) is 0 Å². The summed E-state index contributed by atoms with van der Waals surface area (Å²) in [4.78, 5) is 0. The molecule has 0 fully saturated rings. The number of hydrogen-bond acceptors (Lipinski definition) is 3. The number of ether oxygens (including phenoxy) is 1. The normalized spacial score (nSPS) is 14.1. The molecular weight excluding hydrogens is 268 g/mol. The van der Waals surface area contributed by atoms with Crippen LogP contribution in [0.25, 0.3) is 0 Å². The molecule has 0 spiro atoms. The maximum absolute atomic E-state index is 13.6. The van der Waals surface area contributed by atoms with E-state index >= 15 is 0 Å². The van der Waals surface area contributed by atoms with Crippen molar-refractivity contribution >= 4 is 11.3 Å². The molecule has 2 atom stereocenters. The lowest BCUT2D eigenvalue weighted by atomic mass is 10.0. The van der Waals surface area contributed by atoms with E-state index in [-0.39, 0.29) is 11.8 Å². The molecule has 2 unspecified atom stereocenters. The van der Waals surface area contributed by atoms with Crippen molar-refractivity contribution in [2.75, 3.05) is 0 Å². The van der Waals surface area contributed by atoms with Crippen LogP contribution in [0, 0.1) is 11.6 Å². The van der Waals surface area contributed by atoms with E-state index in [9.17, 15) is 8.78 Å². The van der Waals surface area contributed by atoms with Crippen molar-refractivity contribution < 1.29 is 13.5 Å². The molecule has 2 aromatic rings. The van der Waals surface area contributed by atoms with E-state index in [1.165, 1.54) is 23.5 Å². The van der Waals surface area contributed by atoms with Crippen molar-refractivity contribution in [2.24, 2.45) is 5.73 Å². The van der Waals surface area contributed by atoms with Crippen LogP contribution in [0.4, 0.5) is 8.78 Å². The molecule has 1 aromatic carbocycles. The third kappa shape index (κ3) is 3.30. The quantitative estimate of drug-likeness (QED) is 0.903. The molecule has 0 aliphatic carbocycles. The van der Waals surface area contributed by atoms with Gasteiger partial charge in [0.05, 0.1) is 0 Å². The number of halogens is 2. The van der Waals surface area contributed by atoms with Gasteiger partial charge in [-0.1, -0.05) is 6.92 Å². The molecule has 0 amide bonds. The summed E-state index contributed by atoms with van der Waals surface area (Å²) in [5.41, 5.74) is 6.92. The molecule has 0 aliphatic heterocycles. The van der Waals surface area contributed by atoms with E-state index in [0.717, 1.165) is 11.6 Å². The Kier molecular flexibility index (Phi) is 4.50. The zero-order valence-electron chi connectivity index (χ0n) is 10.5. The fourth-order valence-corrected chi connectivity index (χ4v) is 2.45. The van der Waals surface area contributed by atoms with Gasteiger partial charge in [-0.05, 0) is 35.4 Å². The summed E-state index contributed by atoms with van der Waals surface area (Å²) in [6, 6.07) is 4.90. The van der Waals surface area contributed by atoms with Crippen molar-refractivity contribution in [1.82, 2.24) is 0 Å². The fraction of sp³-hybridized carbons (Fsp3) is 0.286. The van der Waals surface area contributed by atoms with Crippen LogP contribution < -0.4 is 10.5 Å². The van der Waals surface area contributed by atoms with Crippen LogP contribution in [0.2, 0.25) is 0 Å². The van der Waals surface area contributed by atoms with E-state index in [1.807, 2.05) is 23.8 Å². The average molecular weight is 283 g/mol. The smallest absolute Gasteiger partial charge is 0.168 e. The summed E-state index contributed by atoms with van der Waals surface area (Å²) in [5, 5.41) is 3.83. The summed E-state index contributed by atoms with van der Waals surface area (Å²) in [5.74, 6) is -1.33. The van der Waals surface area contributed by atoms with Crippen LogP contribution >= 0.6 is 11.3 Å². The number of benzene rings is 1. The van der Waals surface area contributed by atoms with Gasteiger partial charge in [-0.25, -0.2) is 8.78 Å². The van der Waals surface area contributed by atoms with Gasteiger partial charge in [0, 0.05) is 17.7 Å². The first-order chi connectivity index (χ1) is 9.11. The highest BCUT2D eigenvalue weighted by Gasteiger charge is 2.22. The summed E-state index contributed by atoms with van der Waals surface area (Å²) in [7, 11) is 0. The number of nitrogens with two attached hydrogens (primary N) is 1. The highest BCUT2D eigenvalue weighted by Crippen LogP contribution is 2.29. The highest BCUT2D eigenvalue weighted by atomic mass is 32.1. The Hall–Kier alpha value is -1.46. The minimum absolute atomic E-state index is 0.0153. The molecule has 19 heavy (non-hydrogen) atoms. The van der Waals surface area contributed by atoms with Crippen LogP contribution in [-0.4, -0.2) is 6.04 Å². The van der Waals surface area contributed by atoms with Gasteiger partial charge in [0.15, 0.2) is 11.6 Å². The second-order valence-corrected chi connectivity index (χ2v) is 5.02. The summed E-state index contributed by atoms with van der Waals surface area (Å²) >= 11 is 1.52. The van der Waals surface area contributed by atoms with Crippen LogP contribution in [-0.2, 0) is 0 Å². The molecule has 0 radical (unpaired) electrons. The van der Waals surface area contributed by atoms with Crippen LogP contribution in [0.1, 0.15) is 25.0 Å². The lowest BCUT2D eigenvalue weighted by Gasteiger charge is -2.24. The Labute approximate surface area is 114 Å². The maximum atomic E-state index is 13.6. The van der Waals surface area contributed by atoms with E-state index in [4.69, 9.17) is 10.5 Å². The molecule has 2 N–H and O–H groups in total. The lowest BCUT2D eigenvalue weighted by molar-refractivity contribution is 0.164. The van der Waals surface area contributed by atoms with Crippen molar-refractivity contribution in [3.8, 4) is 5.75 Å². The molecule has 2 rings (SSSR count). The second-order valence-electron chi connectivity index (χ2n) is 4.24. The molecule has 0 saturated heterocycles. The van der Waals surface area contributed by atoms with E-state index in [0.29, 0.717) is 6.42 Å². The molecule has 0 aliphatic rings. The fourth-order valence-electron chi connectivity index (χ4n) is 1.76. The molecule has 1 heterocycles. The zero-order chi connectivity index (χ0) is 13.8. The first-order valence-corrected chi connectivity index (χ1v) is 6.95. The topological polar surface area (TPSA) is 35.2 Å². The summed E-state index contributed by atoms with van der Waals surface area (Å²) in [6.45, 7) is 1.94. The number of rotatable bonds is 5. The predicted octanol–water partition coefficient (Wildman–Crippen LogP) is 3.88. The van der Waals surface area contributed by atoms with Crippen molar-refractivity contribution in [3.05, 3.63) is 52.2 Å². The van der Waals surface area contributed by atoms with Crippen LogP contribution in [0.3, 0.4) is 0 Å². The minimum Gasteiger partial charge on any atom is -0.481 e. The van der Waals surface area contributed by atoms with Gasteiger partial charge in [-0.2, -0.15) is 11.3 Å². The van der Waals surface area contributed by atoms with Crippen molar-refractivity contribution in [3.63, 3.8) is 0 Å².